The molecule has 0 saturated carbocycles. The zero-order valence-electron chi connectivity index (χ0n) is 13.3. The number of hydrogen-bond donors (Lipinski definition) is 0. The molecule has 0 aliphatic carbocycles. The number of anilines is 1. The van der Waals surface area contributed by atoms with Crippen LogP contribution >= 0.6 is 0 Å². The zero-order valence-corrected chi connectivity index (χ0v) is 13.3. The van der Waals surface area contributed by atoms with Gasteiger partial charge in [0.25, 0.3) is 0 Å². The van der Waals surface area contributed by atoms with Gasteiger partial charge in [-0.15, -0.1) is 0 Å². The van der Waals surface area contributed by atoms with E-state index in [1.165, 1.54) is 25.7 Å². The minimum atomic E-state index is 0.294. The summed E-state index contributed by atoms with van der Waals surface area (Å²) in [5.41, 5.74) is 0. The van der Waals surface area contributed by atoms with Crippen molar-refractivity contribution >= 4 is 11.7 Å². The van der Waals surface area contributed by atoms with Crippen LogP contribution in [0.1, 0.15) is 25.7 Å². The van der Waals surface area contributed by atoms with Crippen molar-refractivity contribution in [2.24, 2.45) is 0 Å². The highest BCUT2D eigenvalue weighted by atomic mass is 16.2. The molecule has 0 bridgehead atoms. The lowest BCUT2D eigenvalue weighted by molar-refractivity contribution is -0.132. The lowest BCUT2D eigenvalue weighted by atomic mass is 10.2. The second-order valence-electron chi connectivity index (χ2n) is 6.25. The lowest BCUT2D eigenvalue weighted by Gasteiger charge is -2.36. The van der Waals surface area contributed by atoms with Crippen molar-refractivity contribution in [3.63, 3.8) is 0 Å². The number of likely N-dealkylation sites (tertiary alicyclic amines) is 1. The van der Waals surface area contributed by atoms with Gasteiger partial charge >= 0.3 is 0 Å². The summed E-state index contributed by atoms with van der Waals surface area (Å²) >= 11 is 0. The molecule has 2 saturated heterocycles. The van der Waals surface area contributed by atoms with Gasteiger partial charge in [0.15, 0.2) is 0 Å². The van der Waals surface area contributed by atoms with Gasteiger partial charge in [-0.1, -0.05) is 18.9 Å². The minimum absolute atomic E-state index is 0.294. The summed E-state index contributed by atoms with van der Waals surface area (Å²) in [5, 5.41) is 0. The van der Waals surface area contributed by atoms with Gasteiger partial charge in [-0.3, -0.25) is 9.69 Å². The van der Waals surface area contributed by atoms with Crippen molar-refractivity contribution in [3.05, 3.63) is 24.4 Å². The van der Waals surface area contributed by atoms with E-state index in [4.69, 9.17) is 0 Å². The maximum absolute atomic E-state index is 12.5. The van der Waals surface area contributed by atoms with Crippen LogP contribution in [0.2, 0.25) is 0 Å². The molecule has 0 atom stereocenters. The zero-order chi connectivity index (χ0) is 15.2. The first-order valence-electron chi connectivity index (χ1n) is 8.49. The number of pyridine rings is 1. The smallest absolute Gasteiger partial charge is 0.236 e. The number of aromatic nitrogens is 1. The van der Waals surface area contributed by atoms with E-state index in [2.05, 4.69) is 14.8 Å². The molecule has 2 aliphatic heterocycles. The van der Waals surface area contributed by atoms with Crippen molar-refractivity contribution in [1.29, 1.82) is 0 Å². The fourth-order valence-corrected chi connectivity index (χ4v) is 3.31. The summed E-state index contributed by atoms with van der Waals surface area (Å²) in [4.78, 5) is 23.5. The molecule has 0 spiro atoms. The second-order valence-corrected chi connectivity index (χ2v) is 6.25. The number of carbonyl (C=O) groups is 1. The highest BCUT2D eigenvalue weighted by Gasteiger charge is 2.23. The van der Waals surface area contributed by atoms with Gasteiger partial charge in [-0.2, -0.15) is 0 Å². The topological polar surface area (TPSA) is 39.7 Å². The van der Waals surface area contributed by atoms with Crippen LogP contribution in [0.4, 0.5) is 5.82 Å². The first-order chi connectivity index (χ1) is 10.8. The van der Waals surface area contributed by atoms with Crippen molar-refractivity contribution in [2.75, 3.05) is 50.7 Å². The van der Waals surface area contributed by atoms with E-state index >= 15 is 0 Å². The highest BCUT2D eigenvalue weighted by molar-refractivity contribution is 5.78. The van der Waals surface area contributed by atoms with Gasteiger partial charge in [-0.05, 0) is 38.1 Å². The number of carbonyl (C=O) groups excluding carboxylic acids is 1. The standard InChI is InChI=1S/C17H26N4O/c22-17(15-19-9-5-1-2-6-10-19)21-13-11-20(12-14-21)16-7-3-4-8-18-16/h3-4,7-8H,1-2,5-6,9-15H2. The van der Waals surface area contributed by atoms with Crippen LogP contribution in [-0.4, -0.2) is 66.5 Å². The van der Waals surface area contributed by atoms with Crippen LogP contribution in [-0.2, 0) is 4.79 Å². The van der Waals surface area contributed by atoms with Crippen molar-refractivity contribution < 1.29 is 4.79 Å². The average Bonchev–Trinajstić information content (AvgIpc) is 2.84. The van der Waals surface area contributed by atoms with Crippen molar-refractivity contribution in [3.8, 4) is 0 Å². The second kappa shape index (κ2) is 7.58. The Kier molecular flexibility index (Phi) is 5.27. The Hall–Kier alpha value is -1.62. The van der Waals surface area contributed by atoms with E-state index < -0.39 is 0 Å². The minimum Gasteiger partial charge on any atom is -0.353 e. The number of hydrogen-bond acceptors (Lipinski definition) is 4. The fourth-order valence-electron chi connectivity index (χ4n) is 3.31. The SMILES string of the molecule is O=C(CN1CCCCCC1)N1CCN(c2ccccn2)CC1. The third-order valence-electron chi connectivity index (χ3n) is 4.66. The molecule has 0 aromatic carbocycles. The lowest BCUT2D eigenvalue weighted by Crippen LogP contribution is -2.51. The molecular formula is C17H26N4O. The number of amides is 1. The van der Waals surface area contributed by atoms with Crippen LogP contribution in [0, 0.1) is 0 Å². The van der Waals surface area contributed by atoms with Gasteiger partial charge in [-0.25, -0.2) is 4.98 Å². The average molecular weight is 302 g/mol. The first kappa shape index (κ1) is 15.3. The maximum atomic E-state index is 12.5. The molecule has 5 heteroatoms. The monoisotopic (exact) mass is 302 g/mol. The Morgan fingerprint density at radius 2 is 1.68 bits per heavy atom. The molecule has 1 amide bonds. The summed E-state index contributed by atoms with van der Waals surface area (Å²) in [6.45, 7) is 6.14. The summed E-state index contributed by atoms with van der Waals surface area (Å²) in [6, 6.07) is 5.98. The maximum Gasteiger partial charge on any atom is 0.236 e. The molecule has 1 aromatic rings. The predicted molar refractivity (Wildman–Crippen MR) is 87.9 cm³/mol. The van der Waals surface area contributed by atoms with Gasteiger partial charge < -0.3 is 9.80 Å². The Morgan fingerprint density at radius 3 is 2.32 bits per heavy atom. The normalized spacial score (nSPS) is 20.7. The van der Waals surface area contributed by atoms with Gasteiger partial charge in [0.05, 0.1) is 6.54 Å². The van der Waals surface area contributed by atoms with E-state index in [1.807, 2.05) is 29.3 Å². The van der Waals surface area contributed by atoms with E-state index in [-0.39, 0.29) is 0 Å². The van der Waals surface area contributed by atoms with Gasteiger partial charge in [0, 0.05) is 32.4 Å². The molecule has 0 unspecified atom stereocenters. The van der Waals surface area contributed by atoms with Crippen LogP contribution < -0.4 is 4.90 Å². The molecule has 2 aliphatic rings. The van der Waals surface area contributed by atoms with Crippen LogP contribution in [0.5, 0.6) is 0 Å². The number of rotatable bonds is 3. The molecule has 1 aromatic heterocycles. The first-order valence-corrected chi connectivity index (χ1v) is 8.49. The molecule has 0 radical (unpaired) electrons. The van der Waals surface area contributed by atoms with E-state index in [0.717, 1.165) is 45.1 Å². The molecule has 2 fully saturated rings. The van der Waals surface area contributed by atoms with E-state index in [9.17, 15) is 4.79 Å². The third-order valence-corrected chi connectivity index (χ3v) is 4.66. The molecule has 5 nitrogen and oxygen atoms in total. The largest absolute Gasteiger partial charge is 0.353 e. The Labute approximate surface area is 132 Å². The fraction of sp³-hybridized carbons (Fsp3) is 0.647. The predicted octanol–water partition coefficient (Wildman–Crippen LogP) is 1.61. The van der Waals surface area contributed by atoms with Crippen molar-refractivity contribution in [1.82, 2.24) is 14.8 Å². The Balaban J connectivity index is 1.47. The van der Waals surface area contributed by atoms with Crippen LogP contribution in [0.25, 0.3) is 0 Å². The number of piperazine rings is 1. The van der Waals surface area contributed by atoms with Gasteiger partial charge in [0.1, 0.15) is 5.82 Å². The third kappa shape index (κ3) is 3.97. The Morgan fingerprint density at radius 1 is 0.955 bits per heavy atom. The number of nitrogens with zero attached hydrogens (tertiary/aromatic N) is 4. The molecule has 3 rings (SSSR count). The summed E-state index contributed by atoms with van der Waals surface area (Å²) in [5.74, 6) is 1.31. The molecule has 22 heavy (non-hydrogen) atoms. The van der Waals surface area contributed by atoms with E-state index in [0.29, 0.717) is 12.5 Å². The summed E-state index contributed by atoms with van der Waals surface area (Å²) in [6.07, 6.45) is 6.93. The molecule has 3 heterocycles. The molecule has 120 valence electrons. The van der Waals surface area contributed by atoms with Crippen LogP contribution in [0.3, 0.4) is 0 Å². The van der Waals surface area contributed by atoms with Crippen LogP contribution in [0.15, 0.2) is 24.4 Å². The Bertz CT molecular complexity index is 463. The molecular weight excluding hydrogens is 276 g/mol. The van der Waals surface area contributed by atoms with Gasteiger partial charge in [0.2, 0.25) is 5.91 Å². The van der Waals surface area contributed by atoms with Crippen molar-refractivity contribution in [2.45, 2.75) is 25.7 Å². The summed E-state index contributed by atoms with van der Waals surface area (Å²) < 4.78 is 0. The molecule has 0 N–H and O–H groups in total. The highest BCUT2D eigenvalue weighted by Crippen LogP contribution is 2.14. The van der Waals surface area contributed by atoms with E-state index in [1.54, 1.807) is 0 Å². The quantitative estimate of drug-likeness (QED) is 0.850. The summed E-state index contributed by atoms with van der Waals surface area (Å²) in [7, 11) is 0.